The number of nitro groups is 1. The highest BCUT2D eigenvalue weighted by molar-refractivity contribution is 5.91. The molecule has 0 radical (unpaired) electrons. The second kappa shape index (κ2) is 8.88. The SMILES string of the molecule is N#C/C(=C\c1cn(-c2ccc([N+](=O)[O-])cc2)nc1-c1ccccc1)c1nc2ccccc2c(=O)[nH]1. The number of hydrogen-bond donors (Lipinski definition) is 1. The minimum Gasteiger partial charge on any atom is -0.305 e. The molecule has 5 rings (SSSR count). The number of nitro benzene ring substituents is 1. The van der Waals surface area contributed by atoms with Crippen molar-refractivity contribution in [3.8, 4) is 23.0 Å². The third-order valence-electron chi connectivity index (χ3n) is 5.40. The Balaban J connectivity index is 1.65. The highest BCUT2D eigenvalue weighted by Gasteiger charge is 2.15. The summed E-state index contributed by atoms with van der Waals surface area (Å²) >= 11 is 0. The minimum absolute atomic E-state index is 0.0255. The maximum Gasteiger partial charge on any atom is 0.269 e. The van der Waals surface area contributed by atoms with Crippen molar-refractivity contribution >= 4 is 28.2 Å². The van der Waals surface area contributed by atoms with E-state index in [9.17, 15) is 20.2 Å². The third kappa shape index (κ3) is 4.19. The van der Waals surface area contributed by atoms with E-state index in [-0.39, 0.29) is 22.6 Å². The molecule has 168 valence electrons. The molecule has 0 amide bonds. The maximum atomic E-state index is 12.5. The summed E-state index contributed by atoms with van der Waals surface area (Å²) in [4.78, 5) is 30.2. The summed E-state index contributed by atoms with van der Waals surface area (Å²) in [7, 11) is 0. The molecule has 1 N–H and O–H groups in total. The molecule has 9 nitrogen and oxygen atoms in total. The Hall–Kier alpha value is -5.36. The lowest BCUT2D eigenvalue weighted by Gasteiger charge is -2.02. The van der Waals surface area contributed by atoms with Crippen LogP contribution in [0.15, 0.2) is 89.9 Å². The third-order valence-corrected chi connectivity index (χ3v) is 5.40. The van der Waals surface area contributed by atoms with Gasteiger partial charge < -0.3 is 4.98 Å². The fourth-order valence-corrected chi connectivity index (χ4v) is 3.70. The fourth-order valence-electron chi connectivity index (χ4n) is 3.70. The molecule has 0 fully saturated rings. The monoisotopic (exact) mass is 460 g/mol. The molecule has 0 bridgehead atoms. The molecule has 0 saturated heterocycles. The van der Waals surface area contributed by atoms with Crippen molar-refractivity contribution in [2.24, 2.45) is 0 Å². The van der Waals surface area contributed by atoms with E-state index in [2.05, 4.69) is 21.1 Å². The van der Waals surface area contributed by atoms with Gasteiger partial charge >= 0.3 is 0 Å². The van der Waals surface area contributed by atoms with E-state index in [1.54, 1.807) is 53.4 Å². The predicted molar refractivity (Wildman–Crippen MR) is 132 cm³/mol. The van der Waals surface area contributed by atoms with Crippen molar-refractivity contribution < 1.29 is 4.92 Å². The zero-order chi connectivity index (χ0) is 24.4. The van der Waals surface area contributed by atoms with Crippen molar-refractivity contribution in [3.63, 3.8) is 0 Å². The van der Waals surface area contributed by atoms with Gasteiger partial charge in [-0.25, -0.2) is 9.67 Å². The Morgan fingerprint density at radius 2 is 1.74 bits per heavy atom. The van der Waals surface area contributed by atoms with Crippen LogP contribution in [-0.2, 0) is 0 Å². The number of non-ortho nitro benzene ring substituents is 1. The number of benzene rings is 3. The number of fused-ring (bicyclic) bond motifs is 1. The lowest BCUT2D eigenvalue weighted by atomic mass is 10.1. The molecule has 2 heterocycles. The van der Waals surface area contributed by atoms with E-state index in [1.807, 2.05) is 30.3 Å². The zero-order valence-electron chi connectivity index (χ0n) is 18.1. The maximum absolute atomic E-state index is 12.5. The highest BCUT2D eigenvalue weighted by atomic mass is 16.6. The molecule has 0 saturated carbocycles. The molecule has 0 aliphatic heterocycles. The molecule has 35 heavy (non-hydrogen) atoms. The van der Waals surface area contributed by atoms with Gasteiger partial charge in [-0.3, -0.25) is 14.9 Å². The average molecular weight is 460 g/mol. The summed E-state index contributed by atoms with van der Waals surface area (Å²) in [5.74, 6) is 0.151. The molecule has 0 aliphatic carbocycles. The minimum atomic E-state index is -0.465. The van der Waals surface area contributed by atoms with Crippen LogP contribution >= 0.6 is 0 Å². The number of nitrogens with zero attached hydrogens (tertiary/aromatic N) is 5. The van der Waals surface area contributed by atoms with Crippen LogP contribution < -0.4 is 5.56 Å². The molecule has 0 atom stereocenters. The molecule has 5 aromatic rings. The number of para-hydroxylation sites is 1. The Kier molecular flexibility index (Phi) is 5.45. The summed E-state index contributed by atoms with van der Waals surface area (Å²) < 4.78 is 1.59. The molecule has 9 heteroatoms. The number of nitriles is 1. The molecular formula is C26H16N6O3. The second-order valence-corrected chi connectivity index (χ2v) is 7.62. The van der Waals surface area contributed by atoms with E-state index < -0.39 is 4.92 Å². The summed E-state index contributed by atoms with van der Waals surface area (Å²) in [6, 6.07) is 24.4. The van der Waals surface area contributed by atoms with E-state index in [1.165, 1.54) is 12.1 Å². The quantitative estimate of drug-likeness (QED) is 0.229. The van der Waals surface area contributed by atoms with Gasteiger partial charge in [-0.2, -0.15) is 10.4 Å². The van der Waals surface area contributed by atoms with Crippen molar-refractivity contribution in [1.82, 2.24) is 19.7 Å². The van der Waals surface area contributed by atoms with Crippen LogP contribution in [0.5, 0.6) is 0 Å². The number of allylic oxidation sites excluding steroid dienone is 1. The zero-order valence-corrected chi connectivity index (χ0v) is 18.1. The molecule has 0 spiro atoms. The first-order chi connectivity index (χ1) is 17.0. The van der Waals surface area contributed by atoms with Crippen LogP contribution in [0.2, 0.25) is 0 Å². The Bertz CT molecular complexity index is 1690. The van der Waals surface area contributed by atoms with Crippen LogP contribution in [0.4, 0.5) is 5.69 Å². The van der Waals surface area contributed by atoms with Crippen LogP contribution in [0, 0.1) is 21.4 Å². The average Bonchev–Trinajstić information content (AvgIpc) is 3.31. The van der Waals surface area contributed by atoms with E-state index in [0.29, 0.717) is 27.8 Å². The van der Waals surface area contributed by atoms with Gasteiger partial charge in [0.05, 0.1) is 32.8 Å². The molecule has 0 unspecified atom stereocenters. The van der Waals surface area contributed by atoms with Crippen LogP contribution in [0.25, 0.3) is 39.5 Å². The molecule has 3 aromatic carbocycles. The number of hydrogen-bond acceptors (Lipinski definition) is 6. The Morgan fingerprint density at radius 3 is 2.46 bits per heavy atom. The summed E-state index contributed by atoms with van der Waals surface area (Å²) in [5.41, 5.74) is 2.92. The predicted octanol–water partition coefficient (Wildman–Crippen LogP) is 4.75. The number of aromatic amines is 1. The first kappa shape index (κ1) is 21.5. The summed E-state index contributed by atoms with van der Waals surface area (Å²) in [5, 5.41) is 26.0. The molecule has 0 aliphatic rings. The Morgan fingerprint density at radius 1 is 1.03 bits per heavy atom. The molecular weight excluding hydrogens is 444 g/mol. The fraction of sp³-hybridized carbons (Fsp3) is 0. The van der Waals surface area contributed by atoms with Gasteiger partial charge in [0.1, 0.15) is 6.07 Å². The summed E-state index contributed by atoms with van der Waals surface area (Å²) in [6.45, 7) is 0. The van der Waals surface area contributed by atoms with Gasteiger partial charge in [0.25, 0.3) is 11.2 Å². The van der Waals surface area contributed by atoms with Gasteiger partial charge in [0.15, 0.2) is 5.82 Å². The first-order valence-corrected chi connectivity index (χ1v) is 10.5. The van der Waals surface area contributed by atoms with Crippen LogP contribution in [0.3, 0.4) is 0 Å². The number of H-pyrrole nitrogens is 1. The van der Waals surface area contributed by atoms with Gasteiger partial charge in [0.2, 0.25) is 0 Å². The number of rotatable bonds is 5. The smallest absolute Gasteiger partial charge is 0.269 e. The number of nitrogens with one attached hydrogen (secondary N) is 1. The molecule has 2 aromatic heterocycles. The van der Waals surface area contributed by atoms with Crippen LogP contribution in [-0.4, -0.2) is 24.7 Å². The second-order valence-electron chi connectivity index (χ2n) is 7.62. The van der Waals surface area contributed by atoms with Crippen molar-refractivity contribution in [2.75, 3.05) is 0 Å². The van der Waals surface area contributed by atoms with E-state index >= 15 is 0 Å². The van der Waals surface area contributed by atoms with Gasteiger partial charge in [-0.15, -0.1) is 0 Å². The highest BCUT2D eigenvalue weighted by Crippen LogP contribution is 2.27. The van der Waals surface area contributed by atoms with Gasteiger partial charge in [0, 0.05) is 29.5 Å². The summed E-state index contributed by atoms with van der Waals surface area (Å²) in [6.07, 6.45) is 3.34. The van der Waals surface area contributed by atoms with Gasteiger partial charge in [-0.1, -0.05) is 42.5 Å². The van der Waals surface area contributed by atoms with Crippen molar-refractivity contribution in [1.29, 1.82) is 5.26 Å². The van der Waals surface area contributed by atoms with Gasteiger partial charge in [-0.05, 0) is 30.3 Å². The standard InChI is InChI=1S/C26H16N6O3/c27-15-18(25-28-23-9-5-4-8-22(23)26(33)29-25)14-19-16-31(20-10-12-21(13-11-20)32(34)35)30-24(19)17-6-2-1-3-7-17/h1-14,16H,(H,28,29,33)/b18-14+. The topological polar surface area (TPSA) is 130 Å². The lowest BCUT2D eigenvalue weighted by molar-refractivity contribution is -0.384. The Labute approximate surface area is 198 Å². The van der Waals surface area contributed by atoms with Crippen LogP contribution in [0.1, 0.15) is 11.4 Å². The van der Waals surface area contributed by atoms with E-state index in [0.717, 1.165) is 5.56 Å². The largest absolute Gasteiger partial charge is 0.305 e. The number of aromatic nitrogens is 4. The lowest BCUT2D eigenvalue weighted by Crippen LogP contribution is -2.11. The van der Waals surface area contributed by atoms with Crippen molar-refractivity contribution in [3.05, 3.63) is 117 Å². The first-order valence-electron chi connectivity index (χ1n) is 10.5. The van der Waals surface area contributed by atoms with E-state index in [4.69, 9.17) is 0 Å². The van der Waals surface area contributed by atoms with Crippen molar-refractivity contribution in [2.45, 2.75) is 0 Å². The normalized spacial score (nSPS) is 11.3.